The third kappa shape index (κ3) is 1.46. The number of rotatable bonds is 2. The fraction of sp³-hybridized carbons (Fsp3) is 0.500. The van der Waals surface area contributed by atoms with E-state index >= 15 is 0 Å². The maximum Gasteiger partial charge on any atom is 0.0589 e. The Labute approximate surface area is 77.8 Å². The summed E-state index contributed by atoms with van der Waals surface area (Å²) >= 11 is 5.74. The molecular formula is C10H12ClN. The van der Waals surface area contributed by atoms with Gasteiger partial charge in [-0.05, 0) is 24.5 Å². The van der Waals surface area contributed by atoms with Crippen LogP contribution in [0.3, 0.4) is 0 Å². The normalized spacial score (nSPS) is 27.2. The summed E-state index contributed by atoms with van der Waals surface area (Å²) in [4.78, 5) is 4.31. The number of pyridine rings is 1. The molecule has 0 unspecified atom stereocenters. The van der Waals surface area contributed by atoms with Gasteiger partial charge in [-0.15, -0.1) is 0 Å². The van der Waals surface area contributed by atoms with Gasteiger partial charge in [0.15, 0.2) is 0 Å². The number of nitrogens with zero attached hydrogens (tertiary/aromatic N) is 1. The molecule has 1 fully saturated rings. The molecule has 0 spiro atoms. The van der Waals surface area contributed by atoms with Crippen molar-refractivity contribution in [1.29, 1.82) is 0 Å². The van der Waals surface area contributed by atoms with E-state index in [4.69, 9.17) is 11.6 Å². The molecule has 1 aliphatic carbocycles. The van der Waals surface area contributed by atoms with Crippen molar-refractivity contribution in [1.82, 2.24) is 4.98 Å². The van der Waals surface area contributed by atoms with E-state index in [2.05, 4.69) is 11.9 Å². The van der Waals surface area contributed by atoms with Crippen molar-refractivity contribution in [3.8, 4) is 0 Å². The van der Waals surface area contributed by atoms with Crippen LogP contribution >= 0.6 is 11.6 Å². The maximum absolute atomic E-state index is 5.74. The molecule has 1 saturated carbocycles. The van der Waals surface area contributed by atoms with E-state index in [1.165, 1.54) is 18.5 Å². The first-order chi connectivity index (χ1) is 5.81. The Bertz CT molecular complexity index is 268. The van der Waals surface area contributed by atoms with Gasteiger partial charge in [-0.25, -0.2) is 0 Å². The Morgan fingerprint density at radius 1 is 1.58 bits per heavy atom. The Morgan fingerprint density at radius 3 is 2.92 bits per heavy atom. The number of aromatic nitrogens is 1. The lowest BCUT2D eigenvalue weighted by Gasteiger charge is -1.97. The summed E-state index contributed by atoms with van der Waals surface area (Å²) < 4.78 is 0. The van der Waals surface area contributed by atoms with E-state index in [1.807, 2.05) is 12.1 Å². The molecule has 2 rings (SSSR count). The molecule has 0 saturated heterocycles. The highest BCUT2D eigenvalue weighted by Crippen LogP contribution is 2.48. The highest BCUT2D eigenvalue weighted by Gasteiger charge is 2.37. The second-order valence-corrected chi connectivity index (χ2v) is 3.85. The quantitative estimate of drug-likeness (QED) is 0.683. The van der Waals surface area contributed by atoms with E-state index in [0.717, 1.165) is 10.9 Å². The molecule has 0 N–H and O–H groups in total. The zero-order chi connectivity index (χ0) is 8.55. The summed E-state index contributed by atoms with van der Waals surface area (Å²) in [5, 5.41) is 0.729. The van der Waals surface area contributed by atoms with Crippen LogP contribution in [0.2, 0.25) is 5.02 Å². The molecule has 12 heavy (non-hydrogen) atoms. The molecule has 0 radical (unpaired) electrons. The summed E-state index contributed by atoms with van der Waals surface area (Å²) in [7, 11) is 0. The van der Waals surface area contributed by atoms with E-state index in [0.29, 0.717) is 5.92 Å². The fourth-order valence-corrected chi connectivity index (χ4v) is 1.78. The first-order valence-corrected chi connectivity index (χ1v) is 4.80. The molecule has 64 valence electrons. The van der Waals surface area contributed by atoms with Crippen molar-refractivity contribution < 1.29 is 0 Å². The van der Waals surface area contributed by atoms with Crippen molar-refractivity contribution in [3.63, 3.8) is 0 Å². The molecule has 0 aliphatic heterocycles. The average molecular weight is 182 g/mol. The molecule has 1 nitrogen and oxygen atoms in total. The van der Waals surface area contributed by atoms with E-state index in [1.54, 1.807) is 6.20 Å². The lowest BCUT2D eigenvalue weighted by molar-refractivity contribution is 0.756. The molecular weight excluding hydrogens is 170 g/mol. The fourth-order valence-electron chi connectivity index (χ4n) is 1.67. The van der Waals surface area contributed by atoms with Crippen LogP contribution in [-0.2, 0) is 0 Å². The van der Waals surface area contributed by atoms with Crippen molar-refractivity contribution >= 4 is 11.6 Å². The predicted molar refractivity (Wildman–Crippen MR) is 50.4 cm³/mol. The van der Waals surface area contributed by atoms with Gasteiger partial charge in [-0.3, -0.25) is 4.98 Å². The maximum atomic E-state index is 5.74. The minimum atomic E-state index is 0.715. The van der Waals surface area contributed by atoms with E-state index in [9.17, 15) is 0 Å². The van der Waals surface area contributed by atoms with Gasteiger partial charge in [-0.2, -0.15) is 0 Å². The minimum absolute atomic E-state index is 0.715. The van der Waals surface area contributed by atoms with Crippen LogP contribution in [0.4, 0.5) is 0 Å². The Morgan fingerprint density at radius 2 is 2.42 bits per heavy atom. The van der Waals surface area contributed by atoms with Gasteiger partial charge in [-0.1, -0.05) is 24.9 Å². The number of halogens is 1. The highest BCUT2D eigenvalue weighted by atomic mass is 35.5. The third-order valence-corrected chi connectivity index (χ3v) is 2.80. The second-order valence-electron chi connectivity index (χ2n) is 3.41. The van der Waals surface area contributed by atoms with Crippen LogP contribution < -0.4 is 0 Å². The molecule has 0 bridgehead atoms. The van der Waals surface area contributed by atoms with Gasteiger partial charge < -0.3 is 0 Å². The second kappa shape index (κ2) is 3.06. The monoisotopic (exact) mass is 181 g/mol. The average Bonchev–Trinajstić information content (AvgIpc) is 2.85. The van der Waals surface area contributed by atoms with Crippen molar-refractivity contribution in [2.75, 3.05) is 0 Å². The number of hydrogen-bond donors (Lipinski definition) is 0. The van der Waals surface area contributed by atoms with Gasteiger partial charge >= 0.3 is 0 Å². The molecule has 1 aromatic heterocycles. The molecule has 1 aromatic rings. The number of hydrogen-bond acceptors (Lipinski definition) is 1. The Hall–Kier alpha value is -0.560. The smallest absolute Gasteiger partial charge is 0.0589 e. The summed E-state index contributed by atoms with van der Waals surface area (Å²) in [6.45, 7) is 2.24. The summed E-state index contributed by atoms with van der Waals surface area (Å²) in [5.74, 6) is 1.59. The molecule has 0 amide bonds. The van der Waals surface area contributed by atoms with Gasteiger partial charge in [0.2, 0.25) is 0 Å². The Balaban J connectivity index is 2.10. The SMILES string of the molecule is CC[C@H]1C[C@@H]1c1ccc(Cl)cn1. The topological polar surface area (TPSA) is 12.9 Å². The molecule has 0 aromatic carbocycles. The zero-order valence-corrected chi connectivity index (χ0v) is 7.88. The lowest BCUT2D eigenvalue weighted by Crippen LogP contribution is -1.86. The van der Waals surface area contributed by atoms with Crippen LogP contribution in [0, 0.1) is 5.92 Å². The largest absolute Gasteiger partial charge is 0.259 e. The molecule has 1 aliphatic rings. The van der Waals surface area contributed by atoms with Crippen molar-refractivity contribution in [2.24, 2.45) is 5.92 Å². The predicted octanol–water partition coefficient (Wildman–Crippen LogP) is 3.25. The highest BCUT2D eigenvalue weighted by molar-refractivity contribution is 6.30. The van der Waals surface area contributed by atoms with Crippen LogP contribution in [0.1, 0.15) is 31.4 Å². The van der Waals surface area contributed by atoms with Crippen molar-refractivity contribution in [3.05, 3.63) is 29.0 Å². The van der Waals surface area contributed by atoms with Crippen LogP contribution in [-0.4, -0.2) is 4.98 Å². The minimum Gasteiger partial charge on any atom is -0.259 e. The standard InChI is InChI=1S/C10H12ClN/c1-2-7-5-9(7)10-4-3-8(11)6-12-10/h3-4,6-7,9H,2,5H2,1H3/t7-,9-/m0/s1. The van der Waals surface area contributed by atoms with Crippen molar-refractivity contribution in [2.45, 2.75) is 25.7 Å². The van der Waals surface area contributed by atoms with Gasteiger partial charge in [0.1, 0.15) is 0 Å². The van der Waals surface area contributed by atoms with E-state index < -0.39 is 0 Å². The van der Waals surface area contributed by atoms with Crippen LogP contribution in [0.25, 0.3) is 0 Å². The first-order valence-electron chi connectivity index (χ1n) is 4.42. The molecule has 2 heteroatoms. The summed E-state index contributed by atoms with van der Waals surface area (Å²) in [6.07, 6.45) is 4.32. The molecule has 1 heterocycles. The first kappa shape index (κ1) is 8.06. The summed E-state index contributed by atoms with van der Waals surface area (Å²) in [6, 6.07) is 3.97. The summed E-state index contributed by atoms with van der Waals surface area (Å²) in [5.41, 5.74) is 1.21. The zero-order valence-electron chi connectivity index (χ0n) is 7.13. The van der Waals surface area contributed by atoms with Gasteiger partial charge in [0, 0.05) is 17.8 Å². The van der Waals surface area contributed by atoms with Gasteiger partial charge in [0.05, 0.1) is 5.02 Å². The van der Waals surface area contributed by atoms with Crippen LogP contribution in [0.15, 0.2) is 18.3 Å². The molecule has 2 atom stereocenters. The lowest BCUT2D eigenvalue weighted by atomic mass is 10.2. The van der Waals surface area contributed by atoms with Crippen LogP contribution in [0.5, 0.6) is 0 Å². The Kier molecular flexibility index (Phi) is 2.05. The third-order valence-electron chi connectivity index (χ3n) is 2.58. The van der Waals surface area contributed by atoms with E-state index in [-0.39, 0.29) is 0 Å². The van der Waals surface area contributed by atoms with Gasteiger partial charge in [0.25, 0.3) is 0 Å².